The number of aryl methyl sites for hydroxylation is 1. The summed E-state index contributed by atoms with van der Waals surface area (Å²) in [7, 11) is 0. The molecule has 0 radical (unpaired) electrons. The maximum absolute atomic E-state index is 5.73. The Hall–Kier alpha value is -2.45. The molecular formula is C19H24N6O2. The topological polar surface area (TPSA) is 69.7 Å². The highest BCUT2D eigenvalue weighted by molar-refractivity contribution is 5.73. The van der Waals surface area contributed by atoms with Gasteiger partial charge >= 0.3 is 0 Å². The molecule has 142 valence electrons. The van der Waals surface area contributed by atoms with Crippen LogP contribution in [0, 0.1) is 6.92 Å². The minimum atomic E-state index is 0.276. The molecule has 1 atom stereocenters. The molecule has 2 fully saturated rings. The first-order valence-corrected chi connectivity index (χ1v) is 9.60. The zero-order chi connectivity index (χ0) is 18.2. The molecule has 1 unspecified atom stereocenters. The first-order chi connectivity index (χ1) is 13.3. The third kappa shape index (κ3) is 3.08. The van der Waals surface area contributed by atoms with Gasteiger partial charge in [0.25, 0.3) is 0 Å². The molecule has 0 bridgehead atoms. The monoisotopic (exact) mass is 368 g/mol. The van der Waals surface area contributed by atoms with Crippen molar-refractivity contribution >= 4 is 11.5 Å². The van der Waals surface area contributed by atoms with Crippen molar-refractivity contribution in [2.45, 2.75) is 32.4 Å². The molecule has 3 aromatic rings. The highest BCUT2D eigenvalue weighted by atomic mass is 16.5. The molecule has 8 heteroatoms. The average Bonchev–Trinajstić information content (AvgIpc) is 3.42. The molecule has 0 saturated carbocycles. The number of nitrogens with zero attached hydrogens (tertiary/aromatic N) is 6. The van der Waals surface area contributed by atoms with Gasteiger partial charge in [-0.1, -0.05) is 0 Å². The Kier molecular flexibility index (Phi) is 4.29. The summed E-state index contributed by atoms with van der Waals surface area (Å²) in [5.41, 5.74) is 4.01. The molecule has 0 aliphatic carbocycles. The highest BCUT2D eigenvalue weighted by Crippen LogP contribution is 2.28. The molecule has 0 N–H and O–H groups in total. The number of imidazole rings is 1. The standard InChI is InChI=1S/C19H24N6O2/c1-14-17(15-11-21-24(12-15)13-16-3-2-8-27-16)25-5-4-20-18(19(25)22-14)23-6-9-26-10-7-23/h4-5,11-12,16H,2-3,6-10,13H2,1H3. The zero-order valence-corrected chi connectivity index (χ0v) is 15.5. The van der Waals surface area contributed by atoms with Gasteiger partial charge in [-0.2, -0.15) is 5.10 Å². The van der Waals surface area contributed by atoms with Gasteiger partial charge in [-0.05, 0) is 19.8 Å². The summed E-state index contributed by atoms with van der Waals surface area (Å²) < 4.78 is 15.3. The van der Waals surface area contributed by atoms with Gasteiger partial charge in [0.15, 0.2) is 11.5 Å². The minimum Gasteiger partial charge on any atom is -0.378 e. The van der Waals surface area contributed by atoms with Crippen molar-refractivity contribution in [3.8, 4) is 11.3 Å². The van der Waals surface area contributed by atoms with Crippen LogP contribution in [0.15, 0.2) is 24.8 Å². The maximum Gasteiger partial charge on any atom is 0.181 e. The normalized spacial score (nSPS) is 20.6. The van der Waals surface area contributed by atoms with E-state index < -0.39 is 0 Å². The van der Waals surface area contributed by atoms with Crippen LogP contribution in [0.3, 0.4) is 0 Å². The van der Waals surface area contributed by atoms with Crippen LogP contribution in [-0.4, -0.2) is 63.2 Å². The fourth-order valence-corrected chi connectivity index (χ4v) is 4.01. The molecule has 0 aromatic carbocycles. The summed E-state index contributed by atoms with van der Waals surface area (Å²) in [5.74, 6) is 0.918. The Bertz CT molecular complexity index is 937. The molecular weight excluding hydrogens is 344 g/mol. The zero-order valence-electron chi connectivity index (χ0n) is 15.5. The van der Waals surface area contributed by atoms with Crippen molar-refractivity contribution in [2.24, 2.45) is 0 Å². The van der Waals surface area contributed by atoms with Crippen molar-refractivity contribution in [3.05, 3.63) is 30.5 Å². The summed E-state index contributed by atoms with van der Waals surface area (Å²) in [6, 6.07) is 0. The lowest BCUT2D eigenvalue weighted by Crippen LogP contribution is -2.37. The van der Waals surface area contributed by atoms with Crippen molar-refractivity contribution in [3.63, 3.8) is 0 Å². The lowest BCUT2D eigenvalue weighted by Gasteiger charge is -2.27. The van der Waals surface area contributed by atoms with Crippen LogP contribution in [0.4, 0.5) is 5.82 Å². The van der Waals surface area contributed by atoms with E-state index in [2.05, 4.69) is 25.6 Å². The van der Waals surface area contributed by atoms with E-state index in [9.17, 15) is 0 Å². The highest BCUT2D eigenvalue weighted by Gasteiger charge is 2.21. The van der Waals surface area contributed by atoms with E-state index in [0.717, 1.165) is 80.7 Å². The van der Waals surface area contributed by atoms with Gasteiger partial charge in [-0.3, -0.25) is 9.08 Å². The predicted octanol–water partition coefficient (Wildman–Crippen LogP) is 1.92. The predicted molar refractivity (Wildman–Crippen MR) is 101 cm³/mol. The number of ether oxygens (including phenoxy) is 2. The van der Waals surface area contributed by atoms with Crippen molar-refractivity contribution in [1.29, 1.82) is 0 Å². The van der Waals surface area contributed by atoms with Gasteiger partial charge in [0.1, 0.15) is 0 Å². The lowest BCUT2D eigenvalue weighted by molar-refractivity contribution is 0.0940. The van der Waals surface area contributed by atoms with E-state index in [-0.39, 0.29) is 6.10 Å². The van der Waals surface area contributed by atoms with E-state index in [1.54, 1.807) is 0 Å². The molecule has 3 aromatic heterocycles. The molecule has 0 spiro atoms. The SMILES string of the molecule is Cc1nc2c(N3CCOCC3)nccn2c1-c1cnn(CC2CCCO2)c1. The summed E-state index contributed by atoms with van der Waals surface area (Å²) in [5, 5.41) is 4.55. The molecule has 2 aliphatic rings. The molecule has 5 rings (SSSR count). The molecule has 5 heterocycles. The third-order valence-corrected chi connectivity index (χ3v) is 5.33. The Labute approximate surface area is 157 Å². The summed E-state index contributed by atoms with van der Waals surface area (Å²) >= 11 is 0. The fourth-order valence-electron chi connectivity index (χ4n) is 4.01. The first kappa shape index (κ1) is 16.7. The third-order valence-electron chi connectivity index (χ3n) is 5.33. The van der Waals surface area contributed by atoms with Gasteiger partial charge < -0.3 is 14.4 Å². The number of hydrogen-bond acceptors (Lipinski definition) is 6. The molecule has 2 aliphatic heterocycles. The maximum atomic E-state index is 5.73. The number of anilines is 1. The van der Waals surface area contributed by atoms with Crippen LogP contribution < -0.4 is 4.90 Å². The average molecular weight is 368 g/mol. The Morgan fingerprint density at radius 3 is 2.93 bits per heavy atom. The Balaban J connectivity index is 1.50. The fraction of sp³-hybridized carbons (Fsp3) is 0.526. The smallest absolute Gasteiger partial charge is 0.181 e. The van der Waals surface area contributed by atoms with Gasteiger partial charge in [-0.15, -0.1) is 0 Å². The molecule has 2 saturated heterocycles. The van der Waals surface area contributed by atoms with Crippen LogP contribution in [0.25, 0.3) is 16.9 Å². The molecule has 0 amide bonds. The Morgan fingerprint density at radius 2 is 2.11 bits per heavy atom. The largest absolute Gasteiger partial charge is 0.378 e. The minimum absolute atomic E-state index is 0.276. The van der Waals surface area contributed by atoms with Crippen LogP contribution in [-0.2, 0) is 16.0 Å². The van der Waals surface area contributed by atoms with Gasteiger partial charge in [-0.25, -0.2) is 9.97 Å². The number of fused-ring (bicyclic) bond motifs is 1. The van der Waals surface area contributed by atoms with E-state index in [1.807, 2.05) is 30.2 Å². The molecule has 8 nitrogen and oxygen atoms in total. The van der Waals surface area contributed by atoms with E-state index in [0.29, 0.717) is 0 Å². The second-order valence-corrected chi connectivity index (χ2v) is 7.18. The summed E-state index contributed by atoms with van der Waals surface area (Å²) in [4.78, 5) is 11.7. The van der Waals surface area contributed by atoms with E-state index in [4.69, 9.17) is 14.5 Å². The van der Waals surface area contributed by atoms with Crippen molar-refractivity contribution in [1.82, 2.24) is 24.1 Å². The second kappa shape index (κ2) is 6.94. The number of rotatable bonds is 4. The number of aromatic nitrogens is 5. The van der Waals surface area contributed by atoms with Crippen LogP contribution in [0.5, 0.6) is 0 Å². The van der Waals surface area contributed by atoms with Crippen molar-refractivity contribution in [2.75, 3.05) is 37.8 Å². The van der Waals surface area contributed by atoms with E-state index >= 15 is 0 Å². The second-order valence-electron chi connectivity index (χ2n) is 7.18. The van der Waals surface area contributed by atoms with Gasteiger partial charge in [0.05, 0.1) is 43.4 Å². The van der Waals surface area contributed by atoms with Crippen LogP contribution in [0.1, 0.15) is 18.5 Å². The first-order valence-electron chi connectivity index (χ1n) is 9.60. The Morgan fingerprint density at radius 1 is 1.22 bits per heavy atom. The quantitative estimate of drug-likeness (QED) is 0.701. The van der Waals surface area contributed by atoms with Gasteiger partial charge in [0, 0.05) is 43.9 Å². The summed E-state index contributed by atoms with van der Waals surface area (Å²) in [6.07, 6.45) is 10.4. The van der Waals surface area contributed by atoms with E-state index in [1.165, 1.54) is 0 Å². The number of hydrogen-bond donors (Lipinski definition) is 0. The van der Waals surface area contributed by atoms with Gasteiger partial charge in [0.2, 0.25) is 0 Å². The molecule has 27 heavy (non-hydrogen) atoms. The summed E-state index contributed by atoms with van der Waals surface area (Å²) in [6.45, 7) is 6.85. The van der Waals surface area contributed by atoms with Crippen molar-refractivity contribution < 1.29 is 9.47 Å². The van der Waals surface area contributed by atoms with Crippen LogP contribution in [0.2, 0.25) is 0 Å². The lowest BCUT2D eigenvalue weighted by atomic mass is 10.2. The number of morpholine rings is 1. The van der Waals surface area contributed by atoms with Crippen LogP contribution >= 0.6 is 0 Å².